The number of aromatic hydroxyl groups is 1. The number of guanidine groups is 1. The molecule has 1 heterocycles. The zero-order valence-electron chi connectivity index (χ0n) is 13.0. The van der Waals surface area contributed by atoms with E-state index in [1.807, 2.05) is 18.2 Å². The largest absolute Gasteiger partial charge is 0.506 e. The Morgan fingerprint density at radius 3 is 2.59 bits per heavy atom. The van der Waals surface area contributed by atoms with Gasteiger partial charge in [0, 0.05) is 13.1 Å². The van der Waals surface area contributed by atoms with E-state index in [4.69, 9.17) is 9.73 Å². The lowest BCUT2D eigenvalue weighted by Gasteiger charge is -2.31. The third-order valence-electron chi connectivity index (χ3n) is 4.34. The summed E-state index contributed by atoms with van der Waals surface area (Å²) in [5, 5.41) is 13.3. The van der Waals surface area contributed by atoms with Crippen molar-refractivity contribution in [3.63, 3.8) is 0 Å². The highest BCUT2D eigenvalue weighted by molar-refractivity contribution is 5.95. The number of nitrogens with zero attached hydrogens (tertiary/aromatic N) is 2. The van der Waals surface area contributed by atoms with Crippen molar-refractivity contribution in [2.24, 2.45) is 4.99 Å². The lowest BCUT2D eigenvalue weighted by Crippen LogP contribution is -2.44. The normalized spacial score (nSPS) is 20.9. The number of anilines is 1. The predicted molar refractivity (Wildman–Crippen MR) is 88.4 cm³/mol. The summed E-state index contributed by atoms with van der Waals surface area (Å²) in [4.78, 5) is 7.19. The van der Waals surface area contributed by atoms with E-state index in [1.54, 1.807) is 6.07 Å². The van der Waals surface area contributed by atoms with Gasteiger partial charge in [-0.1, -0.05) is 31.4 Å². The molecule has 2 N–H and O–H groups in total. The molecule has 2 fully saturated rings. The van der Waals surface area contributed by atoms with Crippen molar-refractivity contribution in [2.75, 3.05) is 31.6 Å². The molecule has 1 saturated carbocycles. The first-order valence-corrected chi connectivity index (χ1v) is 8.28. The summed E-state index contributed by atoms with van der Waals surface area (Å²) in [6.07, 6.45) is 6.18. The van der Waals surface area contributed by atoms with Crippen molar-refractivity contribution >= 4 is 11.6 Å². The SMILES string of the molecule is Oc1ccccc1NC(=NC1CCCCC1)N1CCOCC1. The Morgan fingerprint density at radius 2 is 1.86 bits per heavy atom. The molecule has 120 valence electrons. The molecule has 1 aromatic carbocycles. The maximum absolute atomic E-state index is 10.0. The number of phenols is 1. The molecule has 0 atom stereocenters. The average Bonchev–Trinajstić information content (AvgIpc) is 2.58. The van der Waals surface area contributed by atoms with Crippen LogP contribution in [0.4, 0.5) is 5.69 Å². The van der Waals surface area contributed by atoms with E-state index < -0.39 is 0 Å². The van der Waals surface area contributed by atoms with E-state index in [-0.39, 0.29) is 5.75 Å². The van der Waals surface area contributed by atoms with Crippen LogP contribution >= 0.6 is 0 Å². The van der Waals surface area contributed by atoms with Gasteiger partial charge >= 0.3 is 0 Å². The fraction of sp³-hybridized carbons (Fsp3) is 0.588. The molecule has 1 aliphatic heterocycles. The number of morpholine rings is 1. The Hall–Kier alpha value is -1.75. The van der Waals surface area contributed by atoms with Gasteiger partial charge in [-0.15, -0.1) is 0 Å². The zero-order chi connectivity index (χ0) is 15.2. The minimum Gasteiger partial charge on any atom is -0.506 e. The Bertz CT molecular complexity index is 506. The van der Waals surface area contributed by atoms with Crippen molar-refractivity contribution in [1.29, 1.82) is 0 Å². The van der Waals surface area contributed by atoms with Gasteiger partial charge in [-0.05, 0) is 25.0 Å². The Labute approximate surface area is 132 Å². The van der Waals surface area contributed by atoms with Gasteiger partial charge < -0.3 is 20.1 Å². The van der Waals surface area contributed by atoms with Crippen molar-refractivity contribution in [1.82, 2.24) is 4.90 Å². The fourth-order valence-electron chi connectivity index (χ4n) is 3.05. The van der Waals surface area contributed by atoms with Crippen LogP contribution in [0.2, 0.25) is 0 Å². The van der Waals surface area contributed by atoms with Gasteiger partial charge in [-0.2, -0.15) is 0 Å². The fourth-order valence-corrected chi connectivity index (χ4v) is 3.05. The number of phenolic OH excluding ortho intramolecular Hbond substituents is 1. The third-order valence-corrected chi connectivity index (χ3v) is 4.34. The molecule has 0 spiro atoms. The lowest BCUT2D eigenvalue weighted by atomic mass is 9.96. The quantitative estimate of drug-likeness (QED) is 0.501. The molecule has 0 amide bonds. The summed E-state index contributed by atoms with van der Waals surface area (Å²) in [6.45, 7) is 3.14. The highest BCUT2D eigenvalue weighted by atomic mass is 16.5. The molecule has 1 aliphatic carbocycles. The number of para-hydroxylation sites is 2. The number of ether oxygens (including phenoxy) is 1. The Morgan fingerprint density at radius 1 is 1.14 bits per heavy atom. The van der Waals surface area contributed by atoms with Gasteiger partial charge in [0.2, 0.25) is 0 Å². The number of aliphatic imine (C=N–C) groups is 1. The Balaban J connectivity index is 1.78. The van der Waals surface area contributed by atoms with Gasteiger partial charge in [-0.3, -0.25) is 0 Å². The first kappa shape index (κ1) is 15.2. The number of hydrogen-bond acceptors (Lipinski definition) is 3. The molecular formula is C17H25N3O2. The van der Waals surface area contributed by atoms with E-state index >= 15 is 0 Å². The van der Waals surface area contributed by atoms with Gasteiger partial charge in [-0.25, -0.2) is 4.99 Å². The second kappa shape index (κ2) is 7.49. The molecule has 0 aromatic heterocycles. The van der Waals surface area contributed by atoms with Crippen LogP contribution in [0, 0.1) is 0 Å². The highest BCUT2D eigenvalue weighted by Gasteiger charge is 2.19. The van der Waals surface area contributed by atoms with Gasteiger partial charge in [0.15, 0.2) is 5.96 Å². The molecule has 22 heavy (non-hydrogen) atoms. The van der Waals surface area contributed by atoms with Crippen molar-refractivity contribution < 1.29 is 9.84 Å². The number of nitrogens with one attached hydrogen (secondary N) is 1. The topological polar surface area (TPSA) is 57.1 Å². The van der Waals surface area contributed by atoms with Gasteiger partial charge in [0.1, 0.15) is 5.75 Å². The van der Waals surface area contributed by atoms with E-state index in [1.165, 1.54) is 19.3 Å². The first-order chi connectivity index (χ1) is 10.8. The highest BCUT2D eigenvalue weighted by Crippen LogP contribution is 2.24. The van der Waals surface area contributed by atoms with Gasteiger partial charge in [0.25, 0.3) is 0 Å². The third kappa shape index (κ3) is 3.91. The average molecular weight is 303 g/mol. The van der Waals surface area contributed by atoms with E-state index in [0.717, 1.165) is 45.1 Å². The smallest absolute Gasteiger partial charge is 0.199 e. The summed E-state index contributed by atoms with van der Waals surface area (Å²) in [5.74, 6) is 1.13. The monoisotopic (exact) mass is 303 g/mol. The molecule has 0 bridgehead atoms. The van der Waals surface area contributed by atoms with Crippen molar-refractivity contribution in [2.45, 2.75) is 38.1 Å². The summed E-state index contributed by atoms with van der Waals surface area (Å²) >= 11 is 0. The second-order valence-electron chi connectivity index (χ2n) is 5.99. The van der Waals surface area contributed by atoms with Crippen LogP contribution in [0.1, 0.15) is 32.1 Å². The number of rotatable bonds is 2. The molecule has 0 radical (unpaired) electrons. The summed E-state index contributed by atoms with van der Waals surface area (Å²) in [7, 11) is 0. The molecule has 1 saturated heterocycles. The number of hydrogen-bond donors (Lipinski definition) is 2. The Kier molecular flexibility index (Phi) is 5.16. The molecule has 0 unspecified atom stereocenters. The van der Waals surface area contributed by atoms with Crippen LogP contribution in [0.15, 0.2) is 29.3 Å². The van der Waals surface area contributed by atoms with Crippen LogP contribution in [0.25, 0.3) is 0 Å². The molecule has 5 heteroatoms. The molecule has 3 rings (SSSR count). The summed E-state index contributed by atoms with van der Waals surface area (Å²) < 4.78 is 5.44. The number of benzene rings is 1. The maximum atomic E-state index is 10.0. The van der Waals surface area contributed by atoms with Crippen LogP contribution in [-0.2, 0) is 4.74 Å². The standard InChI is InChI=1S/C17H25N3O2/c21-16-9-5-4-8-15(16)19-17(20-10-12-22-13-11-20)18-14-6-2-1-3-7-14/h4-5,8-9,14,21H,1-3,6-7,10-13H2,(H,18,19). The van der Waals surface area contributed by atoms with Crippen LogP contribution in [-0.4, -0.2) is 48.3 Å². The maximum Gasteiger partial charge on any atom is 0.199 e. The second-order valence-corrected chi connectivity index (χ2v) is 5.99. The summed E-state index contributed by atoms with van der Waals surface area (Å²) in [5.41, 5.74) is 0.712. The minimum absolute atomic E-state index is 0.257. The van der Waals surface area contributed by atoms with Crippen molar-refractivity contribution in [3.05, 3.63) is 24.3 Å². The van der Waals surface area contributed by atoms with Crippen molar-refractivity contribution in [3.8, 4) is 5.75 Å². The first-order valence-electron chi connectivity index (χ1n) is 8.28. The molecular weight excluding hydrogens is 278 g/mol. The van der Waals surface area contributed by atoms with E-state index in [9.17, 15) is 5.11 Å². The van der Waals surface area contributed by atoms with Crippen LogP contribution in [0.3, 0.4) is 0 Å². The molecule has 5 nitrogen and oxygen atoms in total. The predicted octanol–water partition coefficient (Wildman–Crippen LogP) is 2.83. The van der Waals surface area contributed by atoms with E-state index in [2.05, 4.69) is 10.2 Å². The lowest BCUT2D eigenvalue weighted by molar-refractivity contribution is 0.0677. The van der Waals surface area contributed by atoms with Crippen LogP contribution in [0.5, 0.6) is 5.75 Å². The van der Waals surface area contributed by atoms with Gasteiger partial charge in [0.05, 0.1) is 24.9 Å². The molecule has 2 aliphatic rings. The molecule has 1 aromatic rings. The zero-order valence-corrected chi connectivity index (χ0v) is 13.0. The van der Waals surface area contributed by atoms with Crippen LogP contribution < -0.4 is 5.32 Å². The summed E-state index contributed by atoms with van der Waals surface area (Å²) in [6, 6.07) is 7.71. The van der Waals surface area contributed by atoms with E-state index in [0.29, 0.717) is 11.7 Å². The minimum atomic E-state index is 0.257.